The lowest BCUT2D eigenvalue weighted by Gasteiger charge is -2.32. The number of hydrogen-bond acceptors (Lipinski definition) is 5. The van der Waals surface area contributed by atoms with Crippen molar-refractivity contribution in [2.45, 2.75) is 51.2 Å². The van der Waals surface area contributed by atoms with Crippen LogP contribution in [0.15, 0.2) is 23.0 Å². The van der Waals surface area contributed by atoms with Crippen LogP contribution in [0.3, 0.4) is 0 Å². The normalized spacial score (nSPS) is 18.2. The molecule has 0 bridgehead atoms. The number of halogens is 3. The van der Waals surface area contributed by atoms with E-state index in [1.807, 2.05) is 4.90 Å². The van der Waals surface area contributed by atoms with Crippen molar-refractivity contribution in [2.24, 2.45) is 5.92 Å². The maximum atomic E-state index is 12.6. The van der Waals surface area contributed by atoms with Gasteiger partial charge in [0.05, 0.1) is 5.69 Å². The van der Waals surface area contributed by atoms with Gasteiger partial charge in [-0.15, -0.1) is 10.2 Å². The Morgan fingerprint density at radius 1 is 1.07 bits per heavy atom. The van der Waals surface area contributed by atoms with Crippen molar-refractivity contribution < 1.29 is 13.2 Å². The third kappa shape index (κ3) is 4.02. The SMILES string of the molecule is O=c1cc2c(nn1CC1CCN(c3ccc(C(F)(F)F)nn3)CC1)CCCC2. The van der Waals surface area contributed by atoms with Crippen molar-refractivity contribution in [3.8, 4) is 0 Å². The summed E-state index contributed by atoms with van der Waals surface area (Å²) in [6, 6.07) is 4.06. The Labute approximate surface area is 160 Å². The van der Waals surface area contributed by atoms with Gasteiger partial charge >= 0.3 is 6.18 Å². The predicted octanol–water partition coefficient (Wildman–Crippen LogP) is 2.85. The minimum Gasteiger partial charge on any atom is -0.355 e. The van der Waals surface area contributed by atoms with Crippen LogP contribution < -0.4 is 10.5 Å². The fourth-order valence-corrected chi connectivity index (χ4v) is 3.97. The number of alkyl halides is 3. The fourth-order valence-electron chi connectivity index (χ4n) is 3.97. The summed E-state index contributed by atoms with van der Waals surface area (Å²) in [6.45, 7) is 1.92. The molecule has 28 heavy (non-hydrogen) atoms. The van der Waals surface area contributed by atoms with Gasteiger partial charge in [0, 0.05) is 25.7 Å². The Morgan fingerprint density at radius 3 is 2.50 bits per heavy atom. The zero-order valence-electron chi connectivity index (χ0n) is 15.5. The van der Waals surface area contributed by atoms with E-state index in [2.05, 4.69) is 15.3 Å². The van der Waals surface area contributed by atoms with Crippen molar-refractivity contribution in [3.63, 3.8) is 0 Å². The maximum absolute atomic E-state index is 12.6. The van der Waals surface area contributed by atoms with Gasteiger partial charge in [0.25, 0.3) is 5.56 Å². The average Bonchev–Trinajstić information content (AvgIpc) is 2.69. The van der Waals surface area contributed by atoms with E-state index in [-0.39, 0.29) is 5.56 Å². The molecule has 0 aromatic carbocycles. The van der Waals surface area contributed by atoms with Crippen LogP contribution >= 0.6 is 0 Å². The molecular formula is C19H22F3N5O. The molecule has 1 aliphatic carbocycles. The quantitative estimate of drug-likeness (QED) is 0.803. The van der Waals surface area contributed by atoms with E-state index >= 15 is 0 Å². The van der Waals surface area contributed by atoms with Gasteiger partial charge in [0.1, 0.15) is 0 Å². The van der Waals surface area contributed by atoms with Gasteiger partial charge in [-0.3, -0.25) is 4.79 Å². The number of aromatic nitrogens is 4. The van der Waals surface area contributed by atoms with Crippen LogP contribution in [0.2, 0.25) is 0 Å². The van der Waals surface area contributed by atoms with Crippen molar-refractivity contribution in [2.75, 3.05) is 18.0 Å². The molecule has 1 saturated heterocycles. The average molecular weight is 393 g/mol. The van der Waals surface area contributed by atoms with Gasteiger partial charge in [-0.05, 0) is 62.1 Å². The Morgan fingerprint density at radius 2 is 1.82 bits per heavy atom. The van der Waals surface area contributed by atoms with E-state index in [4.69, 9.17) is 0 Å². The molecule has 2 aromatic heterocycles. The van der Waals surface area contributed by atoms with Crippen molar-refractivity contribution in [3.05, 3.63) is 45.5 Å². The standard InChI is InChI=1S/C19H22F3N5O/c20-19(21,22)16-5-6-17(24-23-16)26-9-7-13(8-10-26)12-27-18(28)11-14-3-1-2-4-15(14)25-27/h5-6,11,13H,1-4,7-10,12H2. The summed E-state index contributed by atoms with van der Waals surface area (Å²) in [4.78, 5) is 14.3. The Balaban J connectivity index is 1.38. The molecule has 2 aliphatic rings. The molecule has 3 heterocycles. The van der Waals surface area contributed by atoms with E-state index in [9.17, 15) is 18.0 Å². The second kappa shape index (κ2) is 7.52. The monoisotopic (exact) mass is 393 g/mol. The van der Waals surface area contributed by atoms with E-state index < -0.39 is 11.9 Å². The molecule has 1 aliphatic heterocycles. The number of nitrogens with zero attached hydrogens (tertiary/aromatic N) is 5. The number of rotatable bonds is 3. The number of hydrogen-bond donors (Lipinski definition) is 0. The summed E-state index contributed by atoms with van der Waals surface area (Å²) < 4.78 is 39.4. The van der Waals surface area contributed by atoms with Gasteiger partial charge < -0.3 is 4.90 Å². The van der Waals surface area contributed by atoms with Crippen LogP contribution in [0.1, 0.15) is 42.6 Å². The van der Waals surface area contributed by atoms with Crippen molar-refractivity contribution >= 4 is 5.82 Å². The molecule has 1 fully saturated rings. The van der Waals surface area contributed by atoms with E-state index in [1.54, 1.807) is 10.7 Å². The molecule has 150 valence electrons. The van der Waals surface area contributed by atoms with Gasteiger partial charge in [0.15, 0.2) is 11.5 Å². The summed E-state index contributed by atoms with van der Waals surface area (Å²) in [5.41, 5.74) is 1.10. The zero-order chi connectivity index (χ0) is 19.7. The third-order valence-corrected chi connectivity index (χ3v) is 5.58. The topological polar surface area (TPSA) is 63.9 Å². The first-order valence-electron chi connectivity index (χ1n) is 9.66. The highest BCUT2D eigenvalue weighted by Crippen LogP contribution is 2.28. The smallest absolute Gasteiger partial charge is 0.355 e. The summed E-state index contributed by atoms with van der Waals surface area (Å²) in [5.74, 6) is 0.765. The molecule has 0 amide bonds. The van der Waals surface area contributed by atoms with Crippen LogP contribution in [-0.2, 0) is 25.6 Å². The van der Waals surface area contributed by atoms with Crippen LogP contribution in [-0.4, -0.2) is 33.1 Å². The molecule has 0 unspecified atom stereocenters. The first-order chi connectivity index (χ1) is 13.4. The summed E-state index contributed by atoms with van der Waals surface area (Å²) in [7, 11) is 0. The fraction of sp³-hybridized carbons (Fsp3) is 0.579. The number of aryl methyl sites for hydroxylation is 2. The maximum Gasteiger partial charge on any atom is 0.435 e. The largest absolute Gasteiger partial charge is 0.435 e. The number of piperidine rings is 1. The third-order valence-electron chi connectivity index (χ3n) is 5.58. The Bertz CT molecular complexity index is 886. The highest BCUT2D eigenvalue weighted by Gasteiger charge is 2.33. The minimum atomic E-state index is -4.48. The van der Waals surface area contributed by atoms with Gasteiger partial charge in [0.2, 0.25) is 0 Å². The van der Waals surface area contributed by atoms with Gasteiger partial charge in [-0.2, -0.15) is 18.3 Å². The lowest BCUT2D eigenvalue weighted by atomic mass is 9.96. The lowest BCUT2D eigenvalue weighted by Crippen LogP contribution is -2.37. The molecule has 9 heteroatoms. The highest BCUT2D eigenvalue weighted by atomic mass is 19.4. The Kier molecular flexibility index (Phi) is 5.07. The summed E-state index contributed by atoms with van der Waals surface area (Å²) in [5, 5.41) is 11.6. The highest BCUT2D eigenvalue weighted by molar-refractivity contribution is 5.38. The van der Waals surface area contributed by atoms with Crippen molar-refractivity contribution in [1.82, 2.24) is 20.0 Å². The molecule has 0 saturated carbocycles. The van der Waals surface area contributed by atoms with Crippen LogP contribution in [0, 0.1) is 5.92 Å². The van der Waals surface area contributed by atoms with Crippen LogP contribution in [0.5, 0.6) is 0 Å². The first kappa shape index (κ1) is 18.9. The molecular weight excluding hydrogens is 371 g/mol. The van der Waals surface area contributed by atoms with Crippen LogP contribution in [0.25, 0.3) is 0 Å². The minimum absolute atomic E-state index is 0.0447. The van der Waals surface area contributed by atoms with Crippen LogP contribution in [0.4, 0.5) is 19.0 Å². The zero-order valence-corrected chi connectivity index (χ0v) is 15.5. The molecule has 0 spiro atoms. The van der Waals surface area contributed by atoms with E-state index in [1.165, 1.54) is 6.07 Å². The van der Waals surface area contributed by atoms with E-state index in [0.717, 1.165) is 55.8 Å². The molecule has 6 nitrogen and oxygen atoms in total. The van der Waals surface area contributed by atoms with Crippen molar-refractivity contribution in [1.29, 1.82) is 0 Å². The second-order valence-electron chi connectivity index (χ2n) is 7.55. The molecule has 0 radical (unpaired) electrons. The molecule has 4 rings (SSSR count). The number of anilines is 1. The summed E-state index contributed by atoms with van der Waals surface area (Å²) >= 11 is 0. The molecule has 2 aromatic rings. The molecule has 0 atom stereocenters. The second-order valence-corrected chi connectivity index (χ2v) is 7.55. The van der Waals surface area contributed by atoms with E-state index in [0.29, 0.717) is 31.4 Å². The Hall–Kier alpha value is -2.45. The predicted molar refractivity (Wildman–Crippen MR) is 97.1 cm³/mol. The number of fused-ring (bicyclic) bond motifs is 1. The van der Waals surface area contributed by atoms with Gasteiger partial charge in [-0.1, -0.05) is 0 Å². The van der Waals surface area contributed by atoms with Gasteiger partial charge in [-0.25, -0.2) is 4.68 Å². The molecule has 0 N–H and O–H groups in total. The summed E-state index contributed by atoms with van der Waals surface area (Å²) in [6.07, 6.45) is 1.27. The first-order valence-corrected chi connectivity index (χ1v) is 9.66. The lowest BCUT2D eigenvalue weighted by molar-refractivity contribution is -0.141.